The molecular formula is C6H12N2O2S. The Balaban J connectivity index is 2.27. The lowest BCUT2D eigenvalue weighted by molar-refractivity contribution is 0.372. The van der Waals surface area contributed by atoms with E-state index < -0.39 is 10.2 Å². The summed E-state index contributed by atoms with van der Waals surface area (Å²) in [6.45, 7) is 0.624. The molecule has 5 heteroatoms. The minimum absolute atomic E-state index is 0.0341. The fourth-order valence-corrected chi connectivity index (χ4v) is 3.15. The van der Waals surface area contributed by atoms with Crippen molar-refractivity contribution >= 4 is 10.2 Å². The molecule has 1 spiro atoms. The Bertz CT molecular complexity index is 268. The van der Waals surface area contributed by atoms with Gasteiger partial charge in [-0.05, 0) is 25.7 Å². The van der Waals surface area contributed by atoms with Crippen molar-refractivity contribution in [3.05, 3.63) is 0 Å². The van der Waals surface area contributed by atoms with Gasteiger partial charge in [0.05, 0.1) is 0 Å². The molecule has 64 valence electrons. The van der Waals surface area contributed by atoms with Crippen molar-refractivity contribution in [2.75, 3.05) is 6.54 Å². The Labute approximate surface area is 66.5 Å². The molecule has 0 aromatic rings. The molecule has 11 heavy (non-hydrogen) atoms. The average Bonchev–Trinajstić information content (AvgIpc) is 2.38. The Morgan fingerprint density at radius 3 is 2.27 bits per heavy atom. The van der Waals surface area contributed by atoms with Crippen molar-refractivity contribution in [2.45, 2.75) is 31.2 Å². The highest BCUT2D eigenvalue weighted by molar-refractivity contribution is 7.86. The molecule has 2 N–H and O–H groups in total. The van der Waals surface area contributed by atoms with Gasteiger partial charge in [0.1, 0.15) is 0 Å². The number of rotatable bonds is 1. The molecule has 1 heterocycles. The standard InChI is InChI=1S/C6H12N2O2S/c7-11(9,10)8-5-1-2-6(8)3-4-6/h1-5H2,(H2,7,9,10). The highest BCUT2D eigenvalue weighted by Crippen LogP contribution is 2.50. The maximum atomic E-state index is 11.0. The third-order valence-electron chi connectivity index (χ3n) is 2.67. The molecule has 0 aromatic carbocycles. The molecule has 0 bridgehead atoms. The van der Waals surface area contributed by atoms with E-state index in [0.29, 0.717) is 6.54 Å². The molecule has 0 radical (unpaired) electrons. The van der Waals surface area contributed by atoms with Crippen LogP contribution in [0.5, 0.6) is 0 Å². The fourth-order valence-electron chi connectivity index (χ4n) is 1.95. The smallest absolute Gasteiger partial charge is 0.216 e. The van der Waals surface area contributed by atoms with Crippen LogP contribution in [0.2, 0.25) is 0 Å². The van der Waals surface area contributed by atoms with Crippen LogP contribution in [-0.4, -0.2) is 24.8 Å². The Morgan fingerprint density at radius 2 is 1.91 bits per heavy atom. The lowest BCUT2D eigenvalue weighted by Gasteiger charge is -2.19. The zero-order valence-corrected chi connectivity index (χ0v) is 7.10. The fraction of sp³-hybridized carbons (Fsp3) is 1.00. The topological polar surface area (TPSA) is 63.4 Å². The van der Waals surface area contributed by atoms with Crippen molar-refractivity contribution < 1.29 is 8.42 Å². The van der Waals surface area contributed by atoms with Gasteiger partial charge < -0.3 is 0 Å². The summed E-state index contributed by atoms with van der Waals surface area (Å²) >= 11 is 0. The second-order valence-corrected chi connectivity index (χ2v) is 4.92. The first-order valence-electron chi connectivity index (χ1n) is 3.85. The van der Waals surface area contributed by atoms with E-state index in [1.54, 1.807) is 0 Å². The molecule has 4 nitrogen and oxygen atoms in total. The number of hydrogen-bond acceptors (Lipinski definition) is 2. The lowest BCUT2D eigenvalue weighted by atomic mass is 10.2. The minimum atomic E-state index is -3.41. The van der Waals surface area contributed by atoms with E-state index in [4.69, 9.17) is 5.14 Å². The zero-order chi connectivity index (χ0) is 8.11. The van der Waals surface area contributed by atoms with Crippen LogP contribution in [-0.2, 0) is 10.2 Å². The molecule has 0 amide bonds. The second-order valence-electron chi connectivity index (χ2n) is 3.44. The number of hydrogen-bond donors (Lipinski definition) is 1. The van der Waals surface area contributed by atoms with E-state index in [2.05, 4.69) is 0 Å². The molecule has 0 unspecified atom stereocenters. The Kier molecular flexibility index (Phi) is 1.34. The summed E-state index contributed by atoms with van der Waals surface area (Å²) in [5.74, 6) is 0. The lowest BCUT2D eigenvalue weighted by Crippen LogP contribution is -2.41. The average molecular weight is 176 g/mol. The van der Waals surface area contributed by atoms with E-state index in [-0.39, 0.29) is 5.54 Å². The van der Waals surface area contributed by atoms with Crippen molar-refractivity contribution in [3.8, 4) is 0 Å². The Hall–Kier alpha value is -0.130. The quantitative estimate of drug-likeness (QED) is 0.602. The Morgan fingerprint density at radius 1 is 1.27 bits per heavy atom. The van der Waals surface area contributed by atoms with E-state index in [1.807, 2.05) is 0 Å². The number of nitrogens with zero attached hydrogens (tertiary/aromatic N) is 1. The van der Waals surface area contributed by atoms with Gasteiger partial charge in [0.15, 0.2) is 0 Å². The maximum absolute atomic E-state index is 11.0. The second kappa shape index (κ2) is 1.97. The third kappa shape index (κ3) is 1.07. The van der Waals surface area contributed by atoms with Crippen LogP contribution >= 0.6 is 0 Å². The van der Waals surface area contributed by atoms with Gasteiger partial charge in [-0.2, -0.15) is 12.7 Å². The summed E-state index contributed by atoms with van der Waals surface area (Å²) in [6.07, 6.45) is 3.98. The van der Waals surface area contributed by atoms with Gasteiger partial charge in [-0.1, -0.05) is 0 Å². The van der Waals surface area contributed by atoms with Gasteiger partial charge in [0.2, 0.25) is 0 Å². The largest absolute Gasteiger partial charge is 0.277 e. The van der Waals surface area contributed by atoms with Crippen LogP contribution in [0.4, 0.5) is 0 Å². The molecule has 0 atom stereocenters. The first-order chi connectivity index (χ1) is 5.05. The molecule has 0 aromatic heterocycles. The predicted octanol–water partition coefficient (Wildman–Crippen LogP) is -0.182. The van der Waals surface area contributed by atoms with Gasteiger partial charge in [0, 0.05) is 12.1 Å². The normalized spacial score (nSPS) is 29.5. The molecular weight excluding hydrogens is 164 g/mol. The molecule has 1 saturated carbocycles. The summed E-state index contributed by atoms with van der Waals surface area (Å²) in [5.41, 5.74) is -0.0341. The van der Waals surface area contributed by atoms with Crippen LogP contribution in [0, 0.1) is 0 Å². The van der Waals surface area contributed by atoms with Gasteiger partial charge >= 0.3 is 0 Å². The van der Waals surface area contributed by atoms with Crippen molar-refractivity contribution in [3.63, 3.8) is 0 Å². The van der Waals surface area contributed by atoms with Gasteiger partial charge in [-0.15, -0.1) is 0 Å². The third-order valence-corrected chi connectivity index (χ3v) is 3.85. The van der Waals surface area contributed by atoms with Crippen LogP contribution in [0.3, 0.4) is 0 Å². The summed E-state index contributed by atoms with van der Waals surface area (Å²) in [4.78, 5) is 0. The molecule has 2 aliphatic rings. The first kappa shape index (κ1) is 7.52. The predicted molar refractivity (Wildman–Crippen MR) is 41.0 cm³/mol. The molecule has 2 rings (SSSR count). The summed E-state index contributed by atoms with van der Waals surface area (Å²) in [7, 11) is -3.41. The highest BCUT2D eigenvalue weighted by atomic mass is 32.2. The van der Waals surface area contributed by atoms with E-state index >= 15 is 0 Å². The van der Waals surface area contributed by atoms with Crippen LogP contribution in [0.15, 0.2) is 0 Å². The highest BCUT2D eigenvalue weighted by Gasteiger charge is 2.54. The van der Waals surface area contributed by atoms with Crippen LogP contribution < -0.4 is 5.14 Å². The monoisotopic (exact) mass is 176 g/mol. The molecule has 1 aliphatic carbocycles. The van der Waals surface area contributed by atoms with E-state index in [1.165, 1.54) is 4.31 Å². The molecule has 1 saturated heterocycles. The maximum Gasteiger partial charge on any atom is 0.277 e. The van der Waals surface area contributed by atoms with Crippen molar-refractivity contribution in [1.82, 2.24) is 4.31 Å². The van der Waals surface area contributed by atoms with Crippen LogP contribution in [0.1, 0.15) is 25.7 Å². The van der Waals surface area contributed by atoms with Crippen LogP contribution in [0.25, 0.3) is 0 Å². The summed E-state index contributed by atoms with van der Waals surface area (Å²) in [5, 5.41) is 5.05. The van der Waals surface area contributed by atoms with Gasteiger partial charge in [-0.3, -0.25) is 0 Å². The van der Waals surface area contributed by atoms with Gasteiger partial charge in [-0.25, -0.2) is 5.14 Å². The van der Waals surface area contributed by atoms with E-state index in [9.17, 15) is 8.42 Å². The SMILES string of the molecule is NS(=O)(=O)N1CCCC12CC2. The van der Waals surface area contributed by atoms with Gasteiger partial charge in [0.25, 0.3) is 10.2 Å². The molecule has 1 aliphatic heterocycles. The summed E-state index contributed by atoms with van der Waals surface area (Å²) in [6, 6.07) is 0. The number of nitrogens with two attached hydrogens (primary N) is 1. The zero-order valence-electron chi connectivity index (χ0n) is 6.28. The van der Waals surface area contributed by atoms with Crippen molar-refractivity contribution in [2.24, 2.45) is 5.14 Å². The molecule has 2 fully saturated rings. The minimum Gasteiger partial charge on any atom is -0.216 e. The summed E-state index contributed by atoms with van der Waals surface area (Å²) < 4.78 is 23.5. The van der Waals surface area contributed by atoms with Crippen molar-refractivity contribution in [1.29, 1.82) is 0 Å². The van der Waals surface area contributed by atoms with E-state index in [0.717, 1.165) is 25.7 Å². The first-order valence-corrected chi connectivity index (χ1v) is 5.36.